The molecule has 1 aromatic heterocycles. The van der Waals surface area contributed by atoms with Gasteiger partial charge in [0.25, 0.3) is 11.5 Å². The molecule has 3 aliphatic heterocycles. The molecule has 48 heavy (non-hydrogen) atoms. The molecule has 0 radical (unpaired) electrons. The molecule has 2 atom stereocenters. The summed E-state index contributed by atoms with van der Waals surface area (Å²) in [5.41, 5.74) is 4.92. The van der Waals surface area contributed by atoms with E-state index in [1.807, 2.05) is 96.3 Å². The van der Waals surface area contributed by atoms with Gasteiger partial charge in [0.15, 0.2) is 17.3 Å². The van der Waals surface area contributed by atoms with Crippen LogP contribution < -0.4 is 15.0 Å². The first-order valence-corrected chi connectivity index (χ1v) is 16.3. The molecule has 1 N–H and O–H groups in total. The van der Waals surface area contributed by atoms with Crippen LogP contribution in [0, 0.1) is 6.92 Å². The van der Waals surface area contributed by atoms with Gasteiger partial charge in [-0.3, -0.25) is 19.2 Å². The van der Waals surface area contributed by atoms with Gasteiger partial charge in [-0.05, 0) is 54.0 Å². The van der Waals surface area contributed by atoms with Crippen LogP contribution in [0.2, 0.25) is 0 Å². The summed E-state index contributed by atoms with van der Waals surface area (Å²) in [4.78, 5) is 32.1. The molecule has 4 heterocycles. The number of nitrogens with zero attached hydrogens (tertiary/aromatic N) is 4. The highest BCUT2D eigenvalue weighted by molar-refractivity contribution is 5.92. The van der Waals surface area contributed by atoms with E-state index in [1.54, 1.807) is 10.8 Å². The molecular formula is C37H40N4O7. The van der Waals surface area contributed by atoms with Crippen molar-refractivity contribution in [1.82, 2.24) is 19.2 Å². The Hall–Kier alpha value is -4.84. The molecular weight excluding hydrogens is 612 g/mol. The van der Waals surface area contributed by atoms with Gasteiger partial charge in [-0.1, -0.05) is 48.5 Å². The summed E-state index contributed by atoms with van der Waals surface area (Å²) in [6.45, 7) is 5.65. The Balaban J connectivity index is 1.10. The molecule has 4 aromatic rings. The first-order valence-electron chi connectivity index (χ1n) is 16.3. The largest absolute Gasteiger partial charge is 0.459 e. The molecule has 3 aliphatic rings. The molecule has 1 saturated heterocycles. The topological polar surface area (TPSA) is 108 Å². The number of rotatable bonds is 9. The highest BCUT2D eigenvalue weighted by Crippen LogP contribution is 2.34. The van der Waals surface area contributed by atoms with E-state index in [4.69, 9.17) is 18.9 Å². The van der Waals surface area contributed by atoms with Crippen LogP contribution in [0.3, 0.4) is 0 Å². The number of allylic oxidation sites excluding steroid dienone is 1. The highest BCUT2D eigenvalue weighted by atomic mass is 16.7. The van der Waals surface area contributed by atoms with Crippen LogP contribution in [-0.4, -0.2) is 69.4 Å². The minimum absolute atomic E-state index is 0.0333. The lowest BCUT2D eigenvalue weighted by molar-refractivity contribution is -0.157. The van der Waals surface area contributed by atoms with Gasteiger partial charge < -0.3 is 29.0 Å². The molecule has 1 amide bonds. The Bertz CT molecular complexity index is 1860. The van der Waals surface area contributed by atoms with Crippen molar-refractivity contribution >= 4 is 5.91 Å². The van der Waals surface area contributed by atoms with Gasteiger partial charge in [0.05, 0.1) is 18.9 Å². The maximum absolute atomic E-state index is 14.0. The van der Waals surface area contributed by atoms with Gasteiger partial charge >= 0.3 is 0 Å². The third-order valence-corrected chi connectivity index (χ3v) is 9.38. The van der Waals surface area contributed by atoms with Crippen molar-refractivity contribution in [1.29, 1.82) is 0 Å². The number of amides is 1. The predicted molar refractivity (Wildman–Crippen MR) is 178 cm³/mol. The van der Waals surface area contributed by atoms with Gasteiger partial charge in [0.2, 0.25) is 13.1 Å². The molecule has 1 fully saturated rings. The van der Waals surface area contributed by atoms with E-state index in [0.29, 0.717) is 38.2 Å². The molecule has 250 valence electrons. The minimum Gasteiger partial charge on any atom is -0.459 e. The first-order chi connectivity index (χ1) is 23.4. The fraction of sp³-hybridized carbons (Fsp3) is 0.351. The van der Waals surface area contributed by atoms with Crippen molar-refractivity contribution in [3.63, 3.8) is 0 Å². The number of ether oxygens (including phenoxy) is 4. The smallest absolute Gasteiger partial charge is 0.288 e. The van der Waals surface area contributed by atoms with E-state index in [0.717, 1.165) is 46.1 Å². The molecule has 11 nitrogen and oxygen atoms in total. The number of aromatic nitrogens is 2. The Morgan fingerprint density at radius 2 is 1.62 bits per heavy atom. The lowest BCUT2D eigenvalue weighted by atomic mass is 9.93. The normalized spacial score (nSPS) is 19.2. The van der Waals surface area contributed by atoms with Gasteiger partial charge in [0, 0.05) is 63.4 Å². The van der Waals surface area contributed by atoms with Crippen molar-refractivity contribution in [2.24, 2.45) is 7.05 Å². The Morgan fingerprint density at radius 3 is 2.38 bits per heavy atom. The minimum atomic E-state index is -0.743. The Kier molecular flexibility index (Phi) is 9.07. The van der Waals surface area contributed by atoms with E-state index < -0.39 is 12.2 Å². The van der Waals surface area contributed by atoms with Crippen LogP contribution in [0.5, 0.6) is 11.5 Å². The van der Waals surface area contributed by atoms with Crippen molar-refractivity contribution in [2.75, 3.05) is 33.0 Å². The standard InChI is InChI=1S/C37H40N4O7/c1-25-35(37(44)41(38(25)2)30-6-4-3-5-7-30)29-19-33(48-34(20-29)45-23-27-10-8-26(22-42)9-11-27)36(43)40-16-14-39(15-17-40)21-28-12-13-31-32(18-28)47-24-46-31/h3-13,18-19,29,34,42H,14-17,20-24H2,1-2H3/t29-,34+/m1/s1. The first kappa shape index (κ1) is 31.7. The van der Waals surface area contributed by atoms with E-state index in [-0.39, 0.29) is 37.2 Å². The van der Waals surface area contributed by atoms with Crippen molar-refractivity contribution in [3.05, 3.63) is 123 Å². The van der Waals surface area contributed by atoms with Crippen LogP contribution in [0.25, 0.3) is 5.69 Å². The molecule has 0 unspecified atom stereocenters. The molecule has 7 rings (SSSR count). The second-order valence-electron chi connectivity index (χ2n) is 12.4. The Morgan fingerprint density at radius 1 is 0.917 bits per heavy atom. The summed E-state index contributed by atoms with van der Waals surface area (Å²) in [5.74, 6) is 1.13. The summed E-state index contributed by atoms with van der Waals surface area (Å²) in [6.07, 6.45) is 1.44. The highest BCUT2D eigenvalue weighted by Gasteiger charge is 2.35. The van der Waals surface area contributed by atoms with Crippen LogP contribution in [0.1, 0.15) is 40.3 Å². The molecule has 0 saturated carbocycles. The number of aliphatic hydroxyl groups excluding tert-OH is 1. The Labute approximate surface area is 279 Å². The van der Waals surface area contributed by atoms with Gasteiger partial charge in [0.1, 0.15) is 0 Å². The average Bonchev–Trinajstić information content (AvgIpc) is 3.68. The predicted octanol–water partition coefficient (Wildman–Crippen LogP) is 3.98. The maximum atomic E-state index is 14.0. The zero-order valence-electron chi connectivity index (χ0n) is 27.2. The van der Waals surface area contributed by atoms with Crippen molar-refractivity contribution in [3.8, 4) is 17.2 Å². The zero-order valence-corrected chi connectivity index (χ0v) is 27.2. The monoisotopic (exact) mass is 652 g/mol. The van der Waals surface area contributed by atoms with E-state index in [2.05, 4.69) is 4.90 Å². The number of carbonyl (C=O) groups excluding carboxylic acids is 1. The summed E-state index contributed by atoms with van der Waals surface area (Å²) in [6, 6.07) is 23.0. The molecule has 0 spiro atoms. The second kappa shape index (κ2) is 13.7. The van der Waals surface area contributed by atoms with E-state index >= 15 is 0 Å². The van der Waals surface area contributed by atoms with Gasteiger partial charge in [-0.15, -0.1) is 0 Å². The fourth-order valence-corrected chi connectivity index (χ4v) is 6.62. The lowest BCUT2D eigenvalue weighted by Crippen LogP contribution is -2.49. The molecule has 11 heteroatoms. The third-order valence-electron chi connectivity index (χ3n) is 9.38. The second-order valence-corrected chi connectivity index (χ2v) is 12.4. The molecule has 0 aliphatic carbocycles. The van der Waals surface area contributed by atoms with Crippen LogP contribution in [0.4, 0.5) is 0 Å². The molecule has 0 bridgehead atoms. The number of carbonyl (C=O) groups is 1. The van der Waals surface area contributed by atoms with Crippen LogP contribution >= 0.6 is 0 Å². The summed E-state index contributed by atoms with van der Waals surface area (Å²) in [5, 5.41) is 9.40. The number of benzene rings is 3. The van der Waals surface area contributed by atoms with Crippen molar-refractivity contribution < 1.29 is 28.8 Å². The maximum Gasteiger partial charge on any atom is 0.288 e. The van der Waals surface area contributed by atoms with Crippen LogP contribution in [0.15, 0.2) is 89.4 Å². The number of para-hydroxylation sites is 1. The van der Waals surface area contributed by atoms with Crippen LogP contribution in [-0.2, 0) is 41.1 Å². The zero-order chi connectivity index (χ0) is 33.2. The average molecular weight is 653 g/mol. The number of fused-ring (bicyclic) bond motifs is 1. The number of piperazine rings is 1. The summed E-state index contributed by atoms with van der Waals surface area (Å²) < 4.78 is 27.0. The quantitative estimate of drug-likeness (QED) is 0.290. The third kappa shape index (κ3) is 6.49. The number of hydrogen-bond acceptors (Lipinski definition) is 8. The van der Waals surface area contributed by atoms with Crippen molar-refractivity contribution in [2.45, 2.75) is 45.3 Å². The summed E-state index contributed by atoms with van der Waals surface area (Å²) >= 11 is 0. The fourth-order valence-electron chi connectivity index (χ4n) is 6.62. The number of aliphatic hydroxyl groups is 1. The van der Waals surface area contributed by atoms with E-state index in [1.165, 1.54) is 0 Å². The SMILES string of the molecule is Cc1c([C@@H]2C=C(C(=O)N3CCN(Cc4ccc5c(c4)OCO5)CC3)O[C@H](OCc3ccc(CO)cc3)C2)c(=O)n(-c2ccccc2)n1C. The number of hydrogen-bond donors (Lipinski definition) is 1. The molecule has 3 aromatic carbocycles. The van der Waals surface area contributed by atoms with Gasteiger partial charge in [-0.25, -0.2) is 4.68 Å². The van der Waals surface area contributed by atoms with Gasteiger partial charge in [-0.2, -0.15) is 0 Å². The lowest BCUT2D eigenvalue weighted by Gasteiger charge is -2.36. The van der Waals surface area contributed by atoms with E-state index in [9.17, 15) is 14.7 Å². The summed E-state index contributed by atoms with van der Waals surface area (Å²) in [7, 11) is 1.87.